The number of benzene rings is 7. The van der Waals surface area contributed by atoms with Gasteiger partial charge in [-0.25, -0.2) is 0 Å². The van der Waals surface area contributed by atoms with E-state index in [4.69, 9.17) is 4.42 Å². The van der Waals surface area contributed by atoms with Crippen molar-refractivity contribution in [1.29, 1.82) is 0 Å². The number of hydrogen-bond acceptors (Lipinski definition) is 2. The first-order chi connectivity index (χ1) is 17.8. The molecular formula is C34H22O2. The molecule has 1 aromatic heterocycles. The third kappa shape index (κ3) is 3.19. The molecule has 0 aliphatic rings. The molecule has 36 heavy (non-hydrogen) atoms. The van der Waals surface area contributed by atoms with Crippen molar-refractivity contribution in [1.82, 2.24) is 0 Å². The summed E-state index contributed by atoms with van der Waals surface area (Å²) in [5.74, 6) is 0.351. The molecule has 0 aliphatic carbocycles. The molecule has 0 fully saturated rings. The summed E-state index contributed by atoms with van der Waals surface area (Å²) in [7, 11) is 0. The van der Waals surface area contributed by atoms with E-state index in [-0.39, 0.29) is 0 Å². The van der Waals surface area contributed by atoms with Gasteiger partial charge >= 0.3 is 0 Å². The van der Waals surface area contributed by atoms with E-state index in [1.807, 2.05) is 48.5 Å². The Morgan fingerprint density at radius 1 is 0.389 bits per heavy atom. The van der Waals surface area contributed by atoms with E-state index < -0.39 is 0 Å². The van der Waals surface area contributed by atoms with E-state index in [1.165, 1.54) is 37.7 Å². The first kappa shape index (κ1) is 20.5. The second kappa shape index (κ2) is 8.14. The highest BCUT2D eigenvalue weighted by molar-refractivity contribution is 6.26. The molecule has 1 N–H and O–H groups in total. The first-order valence-corrected chi connectivity index (χ1v) is 12.1. The smallest absolute Gasteiger partial charge is 0.136 e. The fraction of sp³-hybridized carbons (Fsp3) is 0. The molecule has 2 heteroatoms. The van der Waals surface area contributed by atoms with E-state index in [1.54, 1.807) is 0 Å². The summed E-state index contributed by atoms with van der Waals surface area (Å²) >= 11 is 0. The van der Waals surface area contributed by atoms with Crippen molar-refractivity contribution in [2.45, 2.75) is 0 Å². The van der Waals surface area contributed by atoms with Gasteiger partial charge in [-0.1, -0.05) is 109 Å². The number of furan rings is 1. The first-order valence-electron chi connectivity index (χ1n) is 12.1. The molecular weight excluding hydrogens is 440 g/mol. The van der Waals surface area contributed by atoms with Crippen LogP contribution >= 0.6 is 0 Å². The molecule has 0 amide bonds. The second-order valence-corrected chi connectivity index (χ2v) is 9.08. The van der Waals surface area contributed by atoms with Gasteiger partial charge in [-0.2, -0.15) is 0 Å². The zero-order valence-corrected chi connectivity index (χ0v) is 19.5. The number of aromatic hydroxyl groups is 1. The lowest BCUT2D eigenvalue weighted by atomic mass is 10.00. The van der Waals surface area contributed by atoms with Crippen molar-refractivity contribution in [3.63, 3.8) is 0 Å². The van der Waals surface area contributed by atoms with Gasteiger partial charge in [0.2, 0.25) is 0 Å². The van der Waals surface area contributed by atoms with Gasteiger partial charge in [0.05, 0.1) is 0 Å². The Kier molecular flexibility index (Phi) is 4.65. The summed E-state index contributed by atoms with van der Waals surface area (Å²) in [6, 6.07) is 43.2. The molecule has 0 aliphatic heterocycles. The number of phenols is 1. The number of rotatable bonds is 0. The highest BCUT2D eigenvalue weighted by atomic mass is 16.3. The van der Waals surface area contributed by atoms with Crippen LogP contribution in [0.2, 0.25) is 0 Å². The number of fused-ring (bicyclic) bond motifs is 10. The Morgan fingerprint density at radius 2 is 0.833 bits per heavy atom. The van der Waals surface area contributed by atoms with Crippen LogP contribution in [0.1, 0.15) is 0 Å². The molecule has 7 aromatic carbocycles. The molecule has 0 atom stereocenters. The molecule has 0 radical (unpaired) electrons. The van der Waals surface area contributed by atoms with E-state index in [9.17, 15) is 5.11 Å². The Bertz CT molecular complexity index is 1970. The quantitative estimate of drug-likeness (QED) is 0.228. The summed E-state index contributed by atoms with van der Waals surface area (Å²) in [5.41, 5.74) is 1.92. The lowest BCUT2D eigenvalue weighted by Gasteiger charge is -2.05. The summed E-state index contributed by atoms with van der Waals surface area (Å²) in [6.45, 7) is 0. The molecule has 2 nitrogen and oxygen atoms in total. The van der Waals surface area contributed by atoms with Crippen LogP contribution in [0.4, 0.5) is 0 Å². The third-order valence-corrected chi connectivity index (χ3v) is 7.00. The van der Waals surface area contributed by atoms with Gasteiger partial charge in [0.25, 0.3) is 0 Å². The molecule has 0 saturated heterocycles. The summed E-state index contributed by atoms with van der Waals surface area (Å²) in [6.07, 6.45) is 0. The van der Waals surface area contributed by atoms with Gasteiger partial charge in [-0.3, -0.25) is 0 Å². The average molecular weight is 463 g/mol. The Morgan fingerprint density at radius 3 is 1.42 bits per heavy atom. The summed E-state index contributed by atoms with van der Waals surface area (Å²) in [4.78, 5) is 0. The molecule has 0 bridgehead atoms. The zero-order chi connectivity index (χ0) is 24.1. The maximum Gasteiger partial charge on any atom is 0.136 e. The fourth-order valence-electron chi connectivity index (χ4n) is 5.34. The van der Waals surface area contributed by atoms with Crippen molar-refractivity contribution in [2.24, 2.45) is 0 Å². The van der Waals surface area contributed by atoms with Gasteiger partial charge in [0.1, 0.15) is 16.9 Å². The lowest BCUT2D eigenvalue weighted by Crippen LogP contribution is -1.77. The van der Waals surface area contributed by atoms with E-state index >= 15 is 0 Å². The minimum absolute atomic E-state index is 0.351. The highest BCUT2D eigenvalue weighted by Crippen LogP contribution is 2.38. The van der Waals surface area contributed by atoms with Crippen LogP contribution in [0.5, 0.6) is 5.75 Å². The van der Waals surface area contributed by atoms with Crippen LogP contribution < -0.4 is 0 Å². The maximum atomic E-state index is 9.87. The van der Waals surface area contributed by atoms with Crippen LogP contribution in [-0.2, 0) is 0 Å². The zero-order valence-electron chi connectivity index (χ0n) is 19.5. The van der Waals surface area contributed by atoms with Gasteiger partial charge in [-0.15, -0.1) is 0 Å². The Labute approximate surface area is 207 Å². The van der Waals surface area contributed by atoms with Crippen LogP contribution in [0, 0.1) is 0 Å². The van der Waals surface area contributed by atoms with Crippen LogP contribution in [0.15, 0.2) is 132 Å². The number of phenolic OH excluding ortho intramolecular Hbond substituents is 1. The van der Waals surface area contributed by atoms with Gasteiger partial charge < -0.3 is 9.52 Å². The van der Waals surface area contributed by atoms with Crippen LogP contribution in [-0.4, -0.2) is 5.11 Å². The monoisotopic (exact) mass is 462 g/mol. The minimum atomic E-state index is 0.351. The van der Waals surface area contributed by atoms with Crippen molar-refractivity contribution in [3.8, 4) is 5.75 Å². The molecule has 0 unspecified atom stereocenters. The minimum Gasteiger partial charge on any atom is -0.507 e. The largest absolute Gasteiger partial charge is 0.507 e. The van der Waals surface area contributed by atoms with Gasteiger partial charge in [0, 0.05) is 16.2 Å². The molecule has 170 valence electrons. The predicted octanol–water partition coefficient (Wildman–Crippen LogP) is 9.59. The predicted molar refractivity (Wildman–Crippen MR) is 152 cm³/mol. The standard InChI is InChI=1S/C20H12O.C14H10O/c1-3-7-15-13(5-1)9-11-17-19(15)20-16-8-4-2-6-14(16)10-12-18(20)21-17;15-14-9-10-5-1-2-6-11(10)12-7-3-4-8-13(12)14/h1-12H;1-9,15H. The van der Waals surface area contributed by atoms with Crippen molar-refractivity contribution < 1.29 is 9.52 Å². The van der Waals surface area contributed by atoms with Gasteiger partial charge in [-0.05, 0) is 55.9 Å². The molecule has 0 spiro atoms. The maximum absolute atomic E-state index is 9.87. The second-order valence-electron chi connectivity index (χ2n) is 9.08. The third-order valence-electron chi connectivity index (χ3n) is 7.00. The number of hydrogen-bond donors (Lipinski definition) is 1. The Hall–Kier alpha value is -4.82. The van der Waals surface area contributed by atoms with Crippen LogP contribution in [0.3, 0.4) is 0 Å². The van der Waals surface area contributed by atoms with E-state index in [0.717, 1.165) is 27.3 Å². The highest BCUT2D eigenvalue weighted by Gasteiger charge is 2.12. The SMILES string of the molecule is Oc1cc2ccccc2c2ccccc12.c1ccc2c(c1)ccc1oc3ccc4ccccc4c3c12. The van der Waals surface area contributed by atoms with E-state index in [2.05, 4.69) is 78.9 Å². The van der Waals surface area contributed by atoms with Gasteiger partial charge in [0.15, 0.2) is 0 Å². The van der Waals surface area contributed by atoms with Crippen LogP contribution in [0.25, 0.3) is 65.0 Å². The molecule has 8 aromatic rings. The van der Waals surface area contributed by atoms with E-state index in [0.29, 0.717) is 5.75 Å². The van der Waals surface area contributed by atoms with Crippen molar-refractivity contribution >= 4 is 65.0 Å². The lowest BCUT2D eigenvalue weighted by molar-refractivity contribution is 0.482. The average Bonchev–Trinajstić information content (AvgIpc) is 3.34. The summed E-state index contributed by atoms with van der Waals surface area (Å²) < 4.78 is 6.07. The van der Waals surface area contributed by atoms with Crippen molar-refractivity contribution in [3.05, 3.63) is 127 Å². The molecule has 8 rings (SSSR count). The van der Waals surface area contributed by atoms with Crippen molar-refractivity contribution in [2.75, 3.05) is 0 Å². The normalized spacial score (nSPS) is 11.4. The molecule has 1 heterocycles. The summed E-state index contributed by atoms with van der Waals surface area (Å²) in [5, 5.41) is 21.6. The fourth-order valence-corrected chi connectivity index (χ4v) is 5.34. The molecule has 0 saturated carbocycles. The topological polar surface area (TPSA) is 33.4 Å². The Balaban J connectivity index is 0.000000130.